The summed E-state index contributed by atoms with van der Waals surface area (Å²) in [5.74, 6) is -1.90. The number of aryl methyl sites for hydroxylation is 1. The molecule has 4 heteroatoms. The largest absolute Gasteiger partial charge is 0.478 e. The van der Waals surface area contributed by atoms with Gasteiger partial charge in [-0.25, -0.2) is 9.59 Å². The lowest BCUT2D eigenvalue weighted by Crippen LogP contribution is -1.95. The summed E-state index contributed by atoms with van der Waals surface area (Å²) in [5, 5.41) is 18.0. The van der Waals surface area contributed by atoms with E-state index < -0.39 is 11.9 Å². The SMILES string of the molecule is Cc1cc(-c2ccc(C(=O)O)cc2)cc(-c2ccc(C(=O)O)cc2)c1. The van der Waals surface area contributed by atoms with Crippen LogP contribution in [0.5, 0.6) is 0 Å². The number of hydrogen-bond acceptors (Lipinski definition) is 2. The Morgan fingerprint density at radius 1 is 0.600 bits per heavy atom. The highest BCUT2D eigenvalue weighted by Crippen LogP contribution is 2.28. The molecule has 0 amide bonds. The highest BCUT2D eigenvalue weighted by molar-refractivity contribution is 5.89. The van der Waals surface area contributed by atoms with Crippen molar-refractivity contribution in [2.45, 2.75) is 6.92 Å². The van der Waals surface area contributed by atoms with E-state index in [2.05, 4.69) is 0 Å². The molecular formula is C21H16O4. The molecule has 4 nitrogen and oxygen atoms in total. The summed E-state index contributed by atoms with van der Waals surface area (Å²) >= 11 is 0. The highest BCUT2D eigenvalue weighted by Gasteiger charge is 2.07. The minimum atomic E-state index is -0.949. The van der Waals surface area contributed by atoms with E-state index >= 15 is 0 Å². The van der Waals surface area contributed by atoms with Crippen molar-refractivity contribution in [3.8, 4) is 22.3 Å². The molecule has 0 aliphatic carbocycles. The van der Waals surface area contributed by atoms with Crippen molar-refractivity contribution in [1.82, 2.24) is 0 Å². The van der Waals surface area contributed by atoms with Gasteiger partial charge >= 0.3 is 11.9 Å². The number of carboxylic acids is 2. The molecule has 0 bridgehead atoms. The van der Waals surface area contributed by atoms with Gasteiger partial charge < -0.3 is 10.2 Å². The molecule has 3 aromatic rings. The topological polar surface area (TPSA) is 74.6 Å². The molecule has 0 radical (unpaired) electrons. The zero-order valence-electron chi connectivity index (χ0n) is 13.6. The van der Waals surface area contributed by atoms with Crippen molar-refractivity contribution < 1.29 is 19.8 Å². The van der Waals surface area contributed by atoms with Crippen LogP contribution in [-0.4, -0.2) is 22.2 Å². The van der Waals surface area contributed by atoms with Crippen LogP contribution in [0.25, 0.3) is 22.3 Å². The molecule has 3 aromatic carbocycles. The van der Waals surface area contributed by atoms with Gasteiger partial charge in [0.2, 0.25) is 0 Å². The molecule has 0 unspecified atom stereocenters. The number of carboxylic acid groups (broad SMARTS) is 2. The summed E-state index contributed by atoms with van der Waals surface area (Å²) in [6.45, 7) is 1.99. The summed E-state index contributed by atoms with van der Waals surface area (Å²) in [7, 11) is 0. The molecule has 0 atom stereocenters. The molecule has 124 valence electrons. The van der Waals surface area contributed by atoms with Crippen molar-refractivity contribution in [2.24, 2.45) is 0 Å². The Balaban J connectivity index is 2.00. The molecule has 0 aromatic heterocycles. The molecule has 3 rings (SSSR count). The van der Waals surface area contributed by atoms with Gasteiger partial charge in [-0.2, -0.15) is 0 Å². The summed E-state index contributed by atoms with van der Waals surface area (Å²) in [5.41, 5.74) is 5.39. The first kappa shape index (κ1) is 16.5. The number of benzene rings is 3. The molecule has 0 saturated carbocycles. The Bertz CT molecular complexity index is 863. The molecule has 0 aliphatic rings. The minimum Gasteiger partial charge on any atom is -0.478 e. The predicted molar refractivity (Wildman–Crippen MR) is 96.0 cm³/mol. The second kappa shape index (κ2) is 6.61. The zero-order chi connectivity index (χ0) is 18.0. The van der Waals surface area contributed by atoms with Gasteiger partial charge in [0.05, 0.1) is 11.1 Å². The Kier molecular flexibility index (Phi) is 4.35. The number of aromatic carboxylic acids is 2. The fourth-order valence-corrected chi connectivity index (χ4v) is 2.73. The predicted octanol–water partition coefficient (Wildman–Crippen LogP) is 4.73. The van der Waals surface area contributed by atoms with Gasteiger partial charge in [0, 0.05) is 0 Å². The lowest BCUT2D eigenvalue weighted by atomic mass is 9.95. The summed E-state index contributed by atoms with van der Waals surface area (Å²) in [4.78, 5) is 22.0. The molecule has 2 N–H and O–H groups in total. The molecule has 0 heterocycles. The van der Waals surface area contributed by atoms with Crippen molar-refractivity contribution in [3.63, 3.8) is 0 Å². The maximum atomic E-state index is 11.0. The molecular weight excluding hydrogens is 316 g/mol. The van der Waals surface area contributed by atoms with Crippen molar-refractivity contribution in [2.75, 3.05) is 0 Å². The van der Waals surface area contributed by atoms with Crippen molar-refractivity contribution >= 4 is 11.9 Å². The zero-order valence-corrected chi connectivity index (χ0v) is 13.6. The summed E-state index contributed by atoms with van der Waals surface area (Å²) in [6, 6.07) is 19.6. The van der Waals surface area contributed by atoms with Crippen LogP contribution in [-0.2, 0) is 0 Å². The molecule has 0 fully saturated rings. The standard InChI is InChI=1S/C21H16O4/c1-13-10-18(14-2-6-16(7-3-14)20(22)23)12-19(11-13)15-4-8-17(9-5-15)21(24)25/h2-12H,1H3,(H,22,23)(H,24,25). The van der Waals surface area contributed by atoms with E-state index in [0.717, 1.165) is 27.8 Å². The molecule has 0 spiro atoms. The molecule has 25 heavy (non-hydrogen) atoms. The number of hydrogen-bond donors (Lipinski definition) is 2. The second-order valence-corrected chi connectivity index (χ2v) is 5.85. The van der Waals surface area contributed by atoms with Gasteiger partial charge in [-0.15, -0.1) is 0 Å². The summed E-state index contributed by atoms with van der Waals surface area (Å²) < 4.78 is 0. The van der Waals surface area contributed by atoms with E-state index in [1.54, 1.807) is 48.5 Å². The van der Waals surface area contributed by atoms with Crippen molar-refractivity contribution in [1.29, 1.82) is 0 Å². The van der Waals surface area contributed by atoms with E-state index in [1.807, 2.05) is 25.1 Å². The van der Waals surface area contributed by atoms with E-state index in [-0.39, 0.29) is 11.1 Å². The normalized spacial score (nSPS) is 10.4. The van der Waals surface area contributed by atoms with Crippen LogP contribution in [0, 0.1) is 6.92 Å². The van der Waals surface area contributed by atoms with Gasteiger partial charge in [0.1, 0.15) is 0 Å². The third-order valence-corrected chi connectivity index (χ3v) is 4.01. The van der Waals surface area contributed by atoms with Crippen LogP contribution in [0.2, 0.25) is 0 Å². The van der Waals surface area contributed by atoms with Gasteiger partial charge in [-0.1, -0.05) is 36.4 Å². The third kappa shape index (κ3) is 3.58. The van der Waals surface area contributed by atoms with E-state index in [1.165, 1.54) is 0 Å². The first-order valence-corrected chi connectivity index (χ1v) is 7.73. The van der Waals surface area contributed by atoms with Crippen LogP contribution < -0.4 is 0 Å². The van der Waals surface area contributed by atoms with Crippen LogP contribution in [0.15, 0.2) is 66.7 Å². The van der Waals surface area contributed by atoms with E-state index in [0.29, 0.717) is 0 Å². The lowest BCUT2D eigenvalue weighted by Gasteiger charge is -2.09. The van der Waals surface area contributed by atoms with Gasteiger partial charge in [0.15, 0.2) is 0 Å². The Hall–Kier alpha value is -3.40. The number of rotatable bonds is 4. The quantitative estimate of drug-likeness (QED) is 0.724. The minimum absolute atomic E-state index is 0.251. The average molecular weight is 332 g/mol. The maximum Gasteiger partial charge on any atom is 0.335 e. The summed E-state index contributed by atoms with van der Waals surface area (Å²) in [6.07, 6.45) is 0. The van der Waals surface area contributed by atoms with Crippen LogP contribution >= 0.6 is 0 Å². The van der Waals surface area contributed by atoms with Crippen LogP contribution in [0.4, 0.5) is 0 Å². The fraction of sp³-hybridized carbons (Fsp3) is 0.0476. The first-order valence-electron chi connectivity index (χ1n) is 7.73. The second-order valence-electron chi connectivity index (χ2n) is 5.85. The van der Waals surface area contributed by atoms with Crippen molar-refractivity contribution in [3.05, 3.63) is 83.4 Å². The Morgan fingerprint density at radius 3 is 1.28 bits per heavy atom. The highest BCUT2D eigenvalue weighted by atomic mass is 16.4. The average Bonchev–Trinajstić information content (AvgIpc) is 2.61. The van der Waals surface area contributed by atoms with Gasteiger partial charge in [-0.3, -0.25) is 0 Å². The Labute approximate surface area is 145 Å². The van der Waals surface area contributed by atoms with E-state index in [4.69, 9.17) is 10.2 Å². The van der Waals surface area contributed by atoms with Crippen LogP contribution in [0.1, 0.15) is 26.3 Å². The number of carbonyl (C=O) groups is 2. The first-order chi connectivity index (χ1) is 11.9. The fourth-order valence-electron chi connectivity index (χ4n) is 2.73. The Morgan fingerprint density at radius 2 is 0.960 bits per heavy atom. The maximum absolute atomic E-state index is 11.0. The third-order valence-electron chi connectivity index (χ3n) is 4.01. The smallest absolute Gasteiger partial charge is 0.335 e. The van der Waals surface area contributed by atoms with Crippen LogP contribution in [0.3, 0.4) is 0 Å². The lowest BCUT2D eigenvalue weighted by molar-refractivity contribution is 0.0686. The molecule has 0 saturated heterocycles. The van der Waals surface area contributed by atoms with Gasteiger partial charge in [-0.05, 0) is 65.1 Å². The van der Waals surface area contributed by atoms with Gasteiger partial charge in [0.25, 0.3) is 0 Å². The molecule has 0 aliphatic heterocycles. The van der Waals surface area contributed by atoms with E-state index in [9.17, 15) is 9.59 Å². The monoisotopic (exact) mass is 332 g/mol.